The third kappa shape index (κ3) is 2.55. The van der Waals surface area contributed by atoms with Crippen LogP contribution in [0.3, 0.4) is 0 Å². The maximum absolute atomic E-state index is 12.2. The fourth-order valence-electron chi connectivity index (χ4n) is 2.63. The molecule has 2 atom stereocenters. The van der Waals surface area contributed by atoms with Crippen LogP contribution in [0.25, 0.3) is 0 Å². The second kappa shape index (κ2) is 5.26. The van der Waals surface area contributed by atoms with Gasteiger partial charge in [0.05, 0.1) is 7.11 Å². The van der Waals surface area contributed by atoms with Crippen LogP contribution in [0.1, 0.15) is 13.3 Å². The summed E-state index contributed by atoms with van der Waals surface area (Å²) < 4.78 is 5.11. The van der Waals surface area contributed by atoms with Crippen molar-refractivity contribution in [1.82, 2.24) is 14.9 Å². The van der Waals surface area contributed by atoms with E-state index in [1.54, 1.807) is 19.4 Å². The molecule has 0 N–H and O–H groups in total. The molecule has 1 aliphatic heterocycles. The van der Waals surface area contributed by atoms with Gasteiger partial charge in [0.1, 0.15) is 0 Å². The summed E-state index contributed by atoms with van der Waals surface area (Å²) >= 11 is 0. The highest BCUT2D eigenvalue weighted by molar-refractivity contribution is 5.81. The minimum atomic E-state index is 0.273. The molecule has 1 amide bonds. The first-order valence-corrected chi connectivity index (χ1v) is 7.10. The number of nitrogens with zero attached hydrogens (tertiary/aromatic N) is 4. The Labute approximate surface area is 118 Å². The summed E-state index contributed by atoms with van der Waals surface area (Å²) in [7, 11) is 1.60. The zero-order chi connectivity index (χ0) is 14.1. The summed E-state index contributed by atoms with van der Waals surface area (Å²) in [5.74, 6) is 2.41. The number of aromatic nitrogens is 2. The highest BCUT2D eigenvalue weighted by Gasteiger charge is 2.42. The summed E-state index contributed by atoms with van der Waals surface area (Å²) in [6.45, 7) is 5.20. The van der Waals surface area contributed by atoms with Crippen LogP contribution in [0.5, 0.6) is 5.88 Å². The Morgan fingerprint density at radius 3 is 2.65 bits per heavy atom. The predicted octanol–water partition coefficient (Wildman–Crippen LogP) is 0.790. The molecular weight excluding hydrogens is 256 g/mol. The van der Waals surface area contributed by atoms with Crippen LogP contribution in [0, 0.1) is 11.8 Å². The Balaban J connectivity index is 1.59. The van der Waals surface area contributed by atoms with Crippen molar-refractivity contribution in [3.8, 4) is 5.88 Å². The van der Waals surface area contributed by atoms with Crippen molar-refractivity contribution in [3.63, 3.8) is 0 Å². The van der Waals surface area contributed by atoms with E-state index in [4.69, 9.17) is 4.74 Å². The molecule has 0 aromatic carbocycles. The smallest absolute Gasteiger partial charge is 0.228 e. The first kappa shape index (κ1) is 13.1. The maximum atomic E-state index is 12.2. The van der Waals surface area contributed by atoms with Crippen molar-refractivity contribution in [2.45, 2.75) is 13.3 Å². The van der Waals surface area contributed by atoms with Gasteiger partial charge in [0.25, 0.3) is 0 Å². The minimum Gasteiger partial charge on any atom is -0.481 e. The number of hydrogen-bond donors (Lipinski definition) is 0. The summed E-state index contributed by atoms with van der Waals surface area (Å²) in [5, 5.41) is 0. The van der Waals surface area contributed by atoms with Gasteiger partial charge in [0, 0.05) is 44.4 Å². The van der Waals surface area contributed by atoms with Gasteiger partial charge in [0.2, 0.25) is 17.7 Å². The van der Waals surface area contributed by atoms with Crippen molar-refractivity contribution >= 4 is 11.9 Å². The zero-order valence-electron chi connectivity index (χ0n) is 12.0. The van der Waals surface area contributed by atoms with Gasteiger partial charge in [-0.15, -0.1) is 0 Å². The lowest BCUT2D eigenvalue weighted by Crippen LogP contribution is -2.49. The SMILES string of the molecule is COc1ccnc(N2CCN(C(=O)C3CC3C)CC2)n1. The van der Waals surface area contributed by atoms with Crippen LogP contribution in [0.2, 0.25) is 0 Å². The van der Waals surface area contributed by atoms with E-state index in [0.29, 0.717) is 23.7 Å². The molecule has 2 heterocycles. The lowest BCUT2D eigenvalue weighted by atomic mass is 10.2. The van der Waals surface area contributed by atoms with E-state index in [2.05, 4.69) is 21.8 Å². The Bertz CT molecular complexity index is 500. The Kier molecular flexibility index (Phi) is 3.46. The molecule has 1 aromatic heterocycles. The second-order valence-corrected chi connectivity index (χ2v) is 5.53. The molecule has 0 bridgehead atoms. The van der Waals surface area contributed by atoms with Crippen LogP contribution in [0.15, 0.2) is 12.3 Å². The molecule has 2 aliphatic rings. The highest BCUT2D eigenvalue weighted by atomic mass is 16.5. The van der Waals surface area contributed by atoms with Crippen LogP contribution in [-0.2, 0) is 4.79 Å². The summed E-state index contributed by atoms with van der Waals surface area (Å²) in [6, 6.07) is 1.73. The van der Waals surface area contributed by atoms with Crippen LogP contribution < -0.4 is 9.64 Å². The number of anilines is 1. The van der Waals surface area contributed by atoms with E-state index in [-0.39, 0.29) is 5.92 Å². The second-order valence-electron chi connectivity index (χ2n) is 5.53. The van der Waals surface area contributed by atoms with Gasteiger partial charge >= 0.3 is 0 Å². The van der Waals surface area contributed by atoms with Crippen LogP contribution in [-0.4, -0.2) is 54.1 Å². The van der Waals surface area contributed by atoms with Crippen molar-refractivity contribution in [2.24, 2.45) is 11.8 Å². The Hall–Kier alpha value is -1.85. The van der Waals surface area contributed by atoms with Gasteiger partial charge in [0.15, 0.2) is 0 Å². The van der Waals surface area contributed by atoms with E-state index in [1.807, 2.05) is 4.90 Å². The average molecular weight is 276 g/mol. The van der Waals surface area contributed by atoms with E-state index in [0.717, 1.165) is 32.6 Å². The minimum absolute atomic E-state index is 0.273. The predicted molar refractivity (Wildman–Crippen MR) is 74.6 cm³/mol. The molecule has 108 valence electrons. The van der Waals surface area contributed by atoms with Crippen LogP contribution in [0.4, 0.5) is 5.95 Å². The third-order valence-corrected chi connectivity index (χ3v) is 4.13. The zero-order valence-corrected chi connectivity index (χ0v) is 12.0. The van der Waals surface area contributed by atoms with Gasteiger partial charge < -0.3 is 14.5 Å². The number of hydrogen-bond acceptors (Lipinski definition) is 5. The van der Waals surface area contributed by atoms with Gasteiger partial charge in [-0.2, -0.15) is 4.98 Å². The number of amides is 1. The molecule has 1 aliphatic carbocycles. The Morgan fingerprint density at radius 2 is 2.05 bits per heavy atom. The average Bonchev–Trinajstić information content (AvgIpc) is 3.24. The molecule has 20 heavy (non-hydrogen) atoms. The van der Waals surface area contributed by atoms with Crippen molar-refractivity contribution in [3.05, 3.63) is 12.3 Å². The molecule has 6 nitrogen and oxygen atoms in total. The summed E-state index contributed by atoms with van der Waals surface area (Å²) in [5.41, 5.74) is 0. The van der Waals surface area contributed by atoms with Crippen LogP contribution >= 0.6 is 0 Å². The first-order valence-electron chi connectivity index (χ1n) is 7.10. The fourth-order valence-corrected chi connectivity index (χ4v) is 2.63. The standard InChI is InChI=1S/C14H20N4O2/c1-10-9-11(10)13(19)17-5-7-18(8-6-17)14-15-4-3-12(16-14)20-2/h3-4,10-11H,5-9H2,1-2H3. The fraction of sp³-hybridized carbons (Fsp3) is 0.643. The van der Waals surface area contributed by atoms with Gasteiger partial charge in [-0.1, -0.05) is 6.92 Å². The van der Waals surface area contributed by atoms with Crippen molar-refractivity contribution < 1.29 is 9.53 Å². The summed E-state index contributed by atoms with van der Waals surface area (Å²) in [4.78, 5) is 24.9. The van der Waals surface area contributed by atoms with Crippen molar-refractivity contribution in [2.75, 3.05) is 38.2 Å². The number of rotatable bonds is 3. The van der Waals surface area contributed by atoms with Gasteiger partial charge in [-0.3, -0.25) is 4.79 Å². The van der Waals surface area contributed by atoms with Crippen molar-refractivity contribution in [1.29, 1.82) is 0 Å². The molecule has 3 rings (SSSR count). The number of ether oxygens (including phenoxy) is 1. The van der Waals surface area contributed by atoms with Gasteiger partial charge in [-0.05, 0) is 12.3 Å². The molecule has 1 saturated heterocycles. The molecule has 0 radical (unpaired) electrons. The Morgan fingerprint density at radius 1 is 1.35 bits per heavy atom. The molecule has 0 spiro atoms. The quantitative estimate of drug-likeness (QED) is 0.817. The first-order chi connectivity index (χ1) is 9.69. The highest BCUT2D eigenvalue weighted by Crippen LogP contribution is 2.39. The number of carbonyl (C=O) groups excluding carboxylic acids is 1. The normalized spacial score (nSPS) is 25.5. The van der Waals surface area contributed by atoms with Gasteiger partial charge in [-0.25, -0.2) is 4.98 Å². The third-order valence-electron chi connectivity index (χ3n) is 4.13. The van der Waals surface area contributed by atoms with E-state index >= 15 is 0 Å². The largest absolute Gasteiger partial charge is 0.481 e. The molecule has 2 fully saturated rings. The molecule has 1 saturated carbocycles. The van der Waals surface area contributed by atoms with E-state index in [9.17, 15) is 4.79 Å². The molecule has 2 unspecified atom stereocenters. The molecule has 1 aromatic rings. The maximum Gasteiger partial charge on any atom is 0.228 e. The lowest BCUT2D eigenvalue weighted by molar-refractivity contribution is -0.133. The molecular formula is C14H20N4O2. The topological polar surface area (TPSA) is 58.6 Å². The molecule has 6 heteroatoms. The number of methoxy groups -OCH3 is 1. The van der Waals surface area contributed by atoms with E-state index in [1.165, 1.54) is 0 Å². The number of carbonyl (C=O) groups is 1. The van der Waals surface area contributed by atoms with E-state index < -0.39 is 0 Å². The monoisotopic (exact) mass is 276 g/mol. The lowest BCUT2D eigenvalue weighted by Gasteiger charge is -2.34. The number of piperazine rings is 1. The summed E-state index contributed by atoms with van der Waals surface area (Å²) in [6.07, 6.45) is 2.75.